The predicted molar refractivity (Wildman–Crippen MR) is 51.9 cm³/mol. The monoisotopic (exact) mass is 209 g/mol. The molecular weight excluding hydrogens is 202 g/mol. The number of nitrogens with zero attached hydrogens (tertiary/aromatic N) is 1. The molecule has 72 valence electrons. The molecule has 0 radical (unpaired) electrons. The summed E-state index contributed by atoms with van der Waals surface area (Å²) in [6, 6.07) is 6.76. The number of nitriles is 1. The average molecular weight is 210 g/mol. The largest absolute Gasteiger partial charge is 0.469 e. The van der Waals surface area contributed by atoms with Gasteiger partial charge in [0.05, 0.1) is 25.2 Å². The van der Waals surface area contributed by atoms with Gasteiger partial charge in [0, 0.05) is 5.02 Å². The van der Waals surface area contributed by atoms with Gasteiger partial charge >= 0.3 is 5.97 Å². The second-order valence-corrected chi connectivity index (χ2v) is 3.08. The first-order chi connectivity index (χ1) is 6.67. The molecule has 0 heterocycles. The molecule has 1 rings (SSSR count). The fraction of sp³-hybridized carbons (Fsp3) is 0.200. The minimum atomic E-state index is -0.350. The zero-order chi connectivity index (χ0) is 10.6. The summed E-state index contributed by atoms with van der Waals surface area (Å²) in [5.41, 5.74) is 1.14. The molecule has 0 atom stereocenters. The fourth-order valence-electron chi connectivity index (χ4n) is 0.988. The minimum absolute atomic E-state index is 0.126. The topological polar surface area (TPSA) is 50.1 Å². The molecule has 1 aromatic rings. The molecule has 0 unspecified atom stereocenters. The number of methoxy groups -OCH3 is 1. The number of hydrogen-bond donors (Lipinski definition) is 0. The lowest BCUT2D eigenvalue weighted by molar-refractivity contribution is -0.139. The van der Waals surface area contributed by atoms with Crippen LogP contribution < -0.4 is 0 Å². The predicted octanol–water partition coefficient (Wildman–Crippen LogP) is 1.93. The van der Waals surface area contributed by atoms with E-state index in [4.69, 9.17) is 16.9 Å². The zero-order valence-electron chi connectivity index (χ0n) is 7.58. The second kappa shape index (κ2) is 4.64. The van der Waals surface area contributed by atoms with Crippen molar-refractivity contribution in [2.45, 2.75) is 6.42 Å². The van der Waals surface area contributed by atoms with Gasteiger partial charge in [0.2, 0.25) is 0 Å². The Morgan fingerprint density at radius 1 is 1.64 bits per heavy atom. The van der Waals surface area contributed by atoms with E-state index in [1.165, 1.54) is 13.2 Å². The van der Waals surface area contributed by atoms with Crippen LogP contribution in [0.5, 0.6) is 0 Å². The Morgan fingerprint density at radius 3 is 2.86 bits per heavy atom. The van der Waals surface area contributed by atoms with Crippen molar-refractivity contribution >= 4 is 17.6 Å². The van der Waals surface area contributed by atoms with Gasteiger partial charge in [-0.25, -0.2) is 0 Å². The fourth-order valence-corrected chi connectivity index (χ4v) is 1.24. The highest BCUT2D eigenvalue weighted by Crippen LogP contribution is 2.18. The molecule has 0 spiro atoms. The van der Waals surface area contributed by atoms with Gasteiger partial charge in [-0.3, -0.25) is 4.79 Å². The molecular formula is C10H8ClNO2. The van der Waals surface area contributed by atoms with Crippen molar-refractivity contribution in [2.24, 2.45) is 0 Å². The van der Waals surface area contributed by atoms with E-state index in [9.17, 15) is 4.79 Å². The van der Waals surface area contributed by atoms with E-state index in [-0.39, 0.29) is 12.4 Å². The highest BCUT2D eigenvalue weighted by Gasteiger charge is 2.07. The third-order valence-electron chi connectivity index (χ3n) is 1.74. The van der Waals surface area contributed by atoms with Crippen molar-refractivity contribution in [1.29, 1.82) is 5.26 Å². The summed E-state index contributed by atoms with van der Waals surface area (Å²) < 4.78 is 4.50. The van der Waals surface area contributed by atoms with E-state index in [1.807, 2.05) is 6.07 Å². The number of esters is 1. The lowest BCUT2D eigenvalue weighted by Gasteiger charge is -2.02. The summed E-state index contributed by atoms with van der Waals surface area (Å²) >= 11 is 5.85. The van der Waals surface area contributed by atoms with Crippen LogP contribution in [0, 0.1) is 11.3 Å². The van der Waals surface area contributed by atoms with Crippen LogP contribution in [0.25, 0.3) is 0 Å². The number of rotatable bonds is 2. The Hall–Kier alpha value is -1.53. The van der Waals surface area contributed by atoms with Crippen LogP contribution in [0.4, 0.5) is 0 Å². The molecule has 0 aliphatic rings. The van der Waals surface area contributed by atoms with Gasteiger partial charge in [-0.2, -0.15) is 5.26 Å². The van der Waals surface area contributed by atoms with Crippen molar-refractivity contribution in [3.63, 3.8) is 0 Å². The van der Waals surface area contributed by atoms with Gasteiger partial charge in [0.1, 0.15) is 0 Å². The molecule has 14 heavy (non-hydrogen) atoms. The van der Waals surface area contributed by atoms with E-state index in [1.54, 1.807) is 12.1 Å². The van der Waals surface area contributed by atoms with Gasteiger partial charge in [-0.05, 0) is 17.7 Å². The molecule has 1 aromatic carbocycles. The quantitative estimate of drug-likeness (QED) is 0.700. The summed E-state index contributed by atoms with van der Waals surface area (Å²) in [7, 11) is 1.32. The summed E-state index contributed by atoms with van der Waals surface area (Å²) in [6.07, 6.45) is 0.126. The summed E-state index contributed by atoms with van der Waals surface area (Å²) in [5.74, 6) is -0.350. The van der Waals surface area contributed by atoms with Gasteiger partial charge < -0.3 is 4.74 Å². The van der Waals surface area contributed by atoms with Gasteiger partial charge in [-0.15, -0.1) is 0 Å². The van der Waals surface area contributed by atoms with E-state index >= 15 is 0 Å². The molecule has 0 amide bonds. The van der Waals surface area contributed by atoms with Crippen LogP contribution in [-0.2, 0) is 16.0 Å². The van der Waals surface area contributed by atoms with Crippen molar-refractivity contribution < 1.29 is 9.53 Å². The second-order valence-electron chi connectivity index (χ2n) is 2.67. The van der Waals surface area contributed by atoms with Crippen LogP contribution in [-0.4, -0.2) is 13.1 Å². The number of carbonyl (C=O) groups is 1. The van der Waals surface area contributed by atoms with Crippen molar-refractivity contribution in [3.05, 3.63) is 34.3 Å². The number of carbonyl (C=O) groups excluding carboxylic acids is 1. The Kier molecular flexibility index (Phi) is 3.49. The molecule has 0 fully saturated rings. The first-order valence-electron chi connectivity index (χ1n) is 3.92. The van der Waals surface area contributed by atoms with Crippen LogP contribution >= 0.6 is 11.6 Å². The maximum atomic E-state index is 10.9. The Balaban J connectivity index is 2.90. The van der Waals surface area contributed by atoms with E-state index < -0.39 is 0 Å². The normalized spacial score (nSPS) is 9.21. The van der Waals surface area contributed by atoms with Gasteiger partial charge in [0.15, 0.2) is 0 Å². The maximum Gasteiger partial charge on any atom is 0.310 e. The van der Waals surface area contributed by atoms with E-state index in [2.05, 4.69) is 4.74 Å². The molecule has 0 aliphatic carbocycles. The maximum absolute atomic E-state index is 10.9. The molecule has 0 saturated heterocycles. The summed E-state index contributed by atoms with van der Waals surface area (Å²) in [5, 5.41) is 8.99. The lowest BCUT2D eigenvalue weighted by Crippen LogP contribution is -2.04. The third-order valence-corrected chi connectivity index (χ3v) is 2.10. The van der Waals surface area contributed by atoms with Crippen LogP contribution in [0.1, 0.15) is 11.1 Å². The minimum Gasteiger partial charge on any atom is -0.469 e. The molecule has 0 N–H and O–H groups in total. The number of halogens is 1. The summed E-state index contributed by atoms with van der Waals surface area (Å²) in [4.78, 5) is 10.9. The van der Waals surface area contributed by atoms with Crippen LogP contribution in [0.15, 0.2) is 18.2 Å². The Labute approximate surface area is 86.9 Å². The smallest absolute Gasteiger partial charge is 0.310 e. The zero-order valence-corrected chi connectivity index (χ0v) is 8.34. The van der Waals surface area contributed by atoms with E-state index in [0.717, 1.165) is 0 Å². The Morgan fingerprint density at radius 2 is 2.36 bits per heavy atom. The first kappa shape index (κ1) is 10.6. The summed E-state index contributed by atoms with van der Waals surface area (Å²) in [6.45, 7) is 0. The SMILES string of the molecule is COC(=O)Cc1ccc(C#N)cc1Cl. The molecule has 0 bridgehead atoms. The van der Waals surface area contributed by atoms with Gasteiger partial charge in [0.25, 0.3) is 0 Å². The Bertz CT molecular complexity index is 396. The lowest BCUT2D eigenvalue weighted by atomic mass is 10.1. The average Bonchev–Trinajstić information content (AvgIpc) is 2.20. The number of hydrogen-bond acceptors (Lipinski definition) is 3. The molecule has 0 aliphatic heterocycles. The first-order valence-corrected chi connectivity index (χ1v) is 4.30. The van der Waals surface area contributed by atoms with Crippen LogP contribution in [0.2, 0.25) is 5.02 Å². The number of ether oxygens (including phenoxy) is 1. The van der Waals surface area contributed by atoms with Crippen LogP contribution in [0.3, 0.4) is 0 Å². The van der Waals surface area contributed by atoms with Crippen molar-refractivity contribution in [3.8, 4) is 6.07 Å². The van der Waals surface area contributed by atoms with Crippen molar-refractivity contribution in [1.82, 2.24) is 0 Å². The number of benzene rings is 1. The van der Waals surface area contributed by atoms with Crippen molar-refractivity contribution in [2.75, 3.05) is 7.11 Å². The highest BCUT2D eigenvalue weighted by atomic mass is 35.5. The molecule has 0 aromatic heterocycles. The molecule has 3 nitrogen and oxygen atoms in total. The van der Waals surface area contributed by atoms with Gasteiger partial charge in [-0.1, -0.05) is 17.7 Å². The van der Waals surface area contributed by atoms with E-state index in [0.29, 0.717) is 16.1 Å². The third kappa shape index (κ3) is 2.48. The molecule has 0 saturated carbocycles. The highest BCUT2D eigenvalue weighted by molar-refractivity contribution is 6.31. The molecule has 4 heteroatoms. The standard InChI is InChI=1S/C10H8ClNO2/c1-14-10(13)5-8-3-2-7(6-12)4-9(8)11/h2-4H,5H2,1H3.